The van der Waals surface area contributed by atoms with Gasteiger partial charge in [-0.05, 0) is 47.1 Å². The van der Waals surface area contributed by atoms with Gasteiger partial charge in [0.1, 0.15) is 4.83 Å². The fraction of sp³-hybridized carbons (Fsp3) is 0.308. The molecule has 0 aliphatic heterocycles. The standard InChI is InChI=1S/C21H19N2S.C18H24GeN.Ir/c1-13(2)11-15-9-10-22-19(12-15)18-6-4-5-16-17-8-7-14(3)23-21(17)24-20(16)18;1-14(2)11-16-12-18(15-9-7-6-8-10-15)20-13-17(16)19(3,4)5;/h4-5,7-10,12-13H,11H2,1-3H3;6-9,12-14H,11H2,1-5H3;/q2*-1;/i3D3,11D2;11D2;. The molecule has 6 rings (SSSR count). The van der Waals surface area contributed by atoms with E-state index in [1.54, 1.807) is 30.5 Å². The molecule has 4 aromatic heterocycles. The molecule has 0 unspecified atom stereocenters. The summed E-state index contributed by atoms with van der Waals surface area (Å²) in [7, 11) is 0. The topological polar surface area (TPSA) is 38.7 Å². The van der Waals surface area contributed by atoms with Crippen LogP contribution in [0.15, 0.2) is 79.1 Å². The number of fused-ring (bicyclic) bond motifs is 3. The Labute approximate surface area is 299 Å². The molecule has 0 atom stereocenters. The molecule has 45 heavy (non-hydrogen) atoms. The molecule has 0 N–H and O–H groups in total. The summed E-state index contributed by atoms with van der Waals surface area (Å²) in [6.07, 6.45) is 0.712. The summed E-state index contributed by atoms with van der Waals surface area (Å²) >= 11 is -0.795. The van der Waals surface area contributed by atoms with Crippen molar-refractivity contribution in [1.29, 1.82) is 0 Å². The summed E-state index contributed by atoms with van der Waals surface area (Å²) < 4.78 is 58.7. The first-order chi connectivity index (χ1) is 23.7. The van der Waals surface area contributed by atoms with Crippen LogP contribution in [-0.2, 0) is 32.9 Å². The minimum absolute atomic E-state index is 0. The second kappa shape index (κ2) is 15.3. The van der Waals surface area contributed by atoms with E-state index in [0.717, 1.165) is 42.3 Å². The molecule has 235 valence electrons. The van der Waals surface area contributed by atoms with E-state index in [0.29, 0.717) is 16.1 Å². The van der Waals surface area contributed by atoms with Crippen molar-refractivity contribution in [3.8, 4) is 22.5 Å². The van der Waals surface area contributed by atoms with E-state index in [4.69, 9.17) is 9.60 Å². The summed E-state index contributed by atoms with van der Waals surface area (Å²) in [5.74, 6) is 6.59. The molecule has 0 aliphatic carbocycles. The Balaban J connectivity index is 0.000000237. The van der Waals surface area contributed by atoms with Crippen LogP contribution in [0, 0.1) is 30.8 Å². The molecule has 0 amide bonds. The van der Waals surface area contributed by atoms with Crippen LogP contribution in [0.1, 0.15) is 54.1 Å². The maximum Gasteiger partial charge on any atom is 0 e. The Morgan fingerprint density at radius 2 is 1.67 bits per heavy atom. The molecule has 0 saturated heterocycles. The number of pyridine rings is 3. The smallest absolute Gasteiger partial charge is 0 e. The number of benzene rings is 2. The van der Waals surface area contributed by atoms with Crippen molar-refractivity contribution in [2.24, 2.45) is 11.8 Å². The summed E-state index contributed by atoms with van der Waals surface area (Å²) in [6.45, 7) is 5.33. The van der Waals surface area contributed by atoms with Crippen LogP contribution in [0.5, 0.6) is 0 Å². The molecule has 6 aromatic rings. The van der Waals surface area contributed by atoms with E-state index < -0.39 is 32.9 Å². The number of nitrogens with zero attached hydrogens (tertiary/aromatic N) is 3. The number of aryl methyl sites for hydroxylation is 1. The van der Waals surface area contributed by atoms with Gasteiger partial charge in [-0.3, -0.25) is 0 Å². The Morgan fingerprint density at radius 3 is 2.36 bits per heavy atom. The van der Waals surface area contributed by atoms with Crippen LogP contribution in [0.3, 0.4) is 0 Å². The van der Waals surface area contributed by atoms with Crippen molar-refractivity contribution in [3.05, 3.63) is 108 Å². The fourth-order valence-electron chi connectivity index (χ4n) is 4.99. The summed E-state index contributed by atoms with van der Waals surface area (Å²) in [5, 5.41) is 1.85. The second-order valence-electron chi connectivity index (χ2n) is 12.4. The monoisotopic (exact) mass is 859 g/mol. The van der Waals surface area contributed by atoms with Gasteiger partial charge in [0, 0.05) is 38.8 Å². The van der Waals surface area contributed by atoms with E-state index >= 15 is 0 Å². The van der Waals surface area contributed by atoms with Crippen LogP contribution in [0.2, 0.25) is 17.3 Å². The van der Waals surface area contributed by atoms with E-state index in [9.17, 15) is 0 Å². The SMILES string of the molecule is [2H]C([2H])([2H])c1ccc2c(n1)sc1c(-c3cc(C([2H])([2H])C(C)C)ccn3)[c-]ccc12.[2H]C([2H])(c1cc(-c2[c-]cccc2)nc[c]1[Ge]([CH3])([CH3])[CH3])C(C)C.[Ir]. The second-order valence-corrected chi connectivity index (χ2v) is 24.0. The third kappa shape index (κ3) is 8.77. The van der Waals surface area contributed by atoms with E-state index in [2.05, 4.69) is 44.4 Å². The minimum Gasteiger partial charge on any atom is 0 e. The van der Waals surface area contributed by atoms with Gasteiger partial charge in [0.25, 0.3) is 0 Å². The maximum atomic E-state index is 8.56. The number of hydrogen-bond donors (Lipinski definition) is 0. The first kappa shape index (κ1) is 26.4. The number of hydrogen-bond acceptors (Lipinski definition) is 4. The molecule has 0 spiro atoms. The molecule has 2 aromatic carbocycles. The molecular weight excluding hydrogens is 807 g/mol. The van der Waals surface area contributed by atoms with Crippen molar-refractivity contribution in [2.45, 2.75) is 64.6 Å². The largest absolute Gasteiger partial charge is 0 e. The molecule has 0 aliphatic rings. The van der Waals surface area contributed by atoms with E-state index in [-0.39, 0.29) is 37.6 Å². The Morgan fingerprint density at radius 1 is 0.867 bits per heavy atom. The van der Waals surface area contributed by atoms with Crippen LogP contribution in [-0.4, -0.2) is 28.2 Å². The Bertz CT molecular complexity index is 2160. The molecule has 0 fully saturated rings. The average molecular weight is 858 g/mol. The van der Waals surface area contributed by atoms with Crippen LogP contribution < -0.4 is 4.40 Å². The Kier molecular flexibility index (Phi) is 8.95. The first-order valence-electron chi connectivity index (χ1n) is 18.4. The molecule has 4 heterocycles. The van der Waals surface area contributed by atoms with Gasteiger partial charge in [0.15, 0.2) is 0 Å². The number of thiophene rings is 1. The van der Waals surface area contributed by atoms with Crippen molar-refractivity contribution >= 4 is 49.3 Å². The van der Waals surface area contributed by atoms with Crippen LogP contribution >= 0.6 is 11.3 Å². The Hall–Kier alpha value is -2.70. The molecule has 0 bridgehead atoms. The van der Waals surface area contributed by atoms with Gasteiger partial charge < -0.3 is 4.98 Å². The van der Waals surface area contributed by atoms with Gasteiger partial charge in [-0.2, -0.15) is 11.3 Å². The van der Waals surface area contributed by atoms with Gasteiger partial charge in [-0.25, -0.2) is 4.98 Å². The summed E-state index contributed by atoms with van der Waals surface area (Å²) in [5.41, 5.74) is 4.59. The third-order valence-corrected chi connectivity index (χ3v) is 12.3. The van der Waals surface area contributed by atoms with Gasteiger partial charge >= 0.3 is 128 Å². The average Bonchev–Trinajstić information content (AvgIpc) is 3.46. The molecular formula is C39H43GeIrN3S-2. The number of rotatable bonds is 7. The minimum atomic E-state index is -2.25. The zero-order valence-corrected chi connectivity index (χ0v) is 32.1. The quantitative estimate of drug-likeness (QED) is 0.119. The third-order valence-electron chi connectivity index (χ3n) is 6.91. The predicted molar refractivity (Wildman–Crippen MR) is 193 cm³/mol. The predicted octanol–water partition coefficient (Wildman–Crippen LogP) is 10.1. The first-order valence-corrected chi connectivity index (χ1v) is 23.1. The molecule has 6 heteroatoms. The molecule has 0 saturated carbocycles. The van der Waals surface area contributed by atoms with Gasteiger partial charge in [0.05, 0.1) is 0 Å². The van der Waals surface area contributed by atoms with Crippen LogP contribution in [0.4, 0.5) is 0 Å². The van der Waals surface area contributed by atoms with Gasteiger partial charge in [-0.1, -0.05) is 36.9 Å². The summed E-state index contributed by atoms with van der Waals surface area (Å²) in [4.78, 5) is 14.1. The van der Waals surface area contributed by atoms with Crippen LogP contribution in [0.25, 0.3) is 42.8 Å². The normalized spacial score (nSPS) is 14.7. The van der Waals surface area contributed by atoms with E-state index in [1.807, 2.05) is 76.4 Å². The number of aromatic nitrogens is 3. The van der Waals surface area contributed by atoms with Gasteiger partial charge in [-0.15, -0.1) is 23.8 Å². The van der Waals surface area contributed by atoms with E-state index in [1.165, 1.54) is 11.3 Å². The van der Waals surface area contributed by atoms with Gasteiger partial charge in [0.2, 0.25) is 0 Å². The summed E-state index contributed by atoms with van der Waals surface area (Å²) in [6, 6.07) is 26.6. The molecule has 1 radical (unpaired) electrons. The molecule has 3 nitrogen and oxygen atoms in total. The maximum absolute atomic E-state index is 8.56. The zero-order valence-electron chi connectivity index (χ0n) is 33.7. The fourth-order valence-corrected chi connectivity index (χ4v) is 9.11. The van der Waals surface area contributed by atoms with Crippen molar-refractivity contribution in [2.75, 3.05) is 0 Å². The van der Waals surface area contributed by atoms with Crippen molar-refractivity contribution < 1.29 is 29.7 Å². The van der Waals surface area contributed by atoms with Crippen molar-refractivity contribution in [1.82, 2.24) is 15.0 Å². The van der Waals surface area contributed by atoms with Crippen molar-refractivity contribution in [3.63, 3.8) is 0 Å². The zero-order chi connectivity index (χ0) is 37.5.